The summed E-state index contributed by atoms with van der Waals surface area (Å²) < 4.78 is 90.5. The molecule has 3 atom stereocenters. The molecule has 0 radical (unpaired) electrons. The van der Waals surface area contributed by atoms with Crippen LogP contribution in [-0.2, 0) is 33.4 Å². The second-order valence-electron chi connectivity index (χ2n) is 11.0. The Morgan fingerprint density at radius 1 is 1.20 bits per heavy atom. The van der Waals surface area contributed by atoms with E-state index in [1.165, 1.54) is 23.5 Å². The summed E-state index contributed by atoms with van der Waals surface area (Å²) in [6.07, 6.45) is -5.55. The number of phosphoric acid groups is 1. The van der Waals surface area contributed by atoms with Crippen LogP contribution in [0.25, 0.3) is 0 Å². The molecule has 2 heterocycles. The van der Waals surface area contributed by atoms with E-state index in [1.54, 1.807) is 25.1 Å². The number of benzene rings is 1. The average Bonchev–Trinajstić information content (AvgIpc) is 3.37. The molecule has 2 aliphatic rings. The molecule has 3 rings (SSSR count). The molecular formula is C26H42F3N4O10PS. The fourth-order valence-electron chi connectivity index (χ4n) is 4.78. The Labute approximate surface area is 260 Å². The van der Waals surface area contributed by atoms with Gasteiger partial charge >= 0.3 is 12.3 Å². The van der Waals surface area contributed by atoms with Crippen LogP contribution >= 0.6 is 7.82 Å². The molecule has 0 aromatic heterocycles. The fourth-order valence-corrected chi connectivity index (χ4v) is 6.45. The van der Waals surface area contributed by atoms with Crippen LogP contribution in [-0.4, -0.2) is 99.4 Å². The van der Waals surface area contributed by atoms with Crippen LogP contribution in [0.5, 0.6) is 0 Å². The van der Waals surface area contributed by atoms with Crippen LogP contribution in [0, 0.1) is 0 Å². The van der Waals surface area contributed by atoms with Gasteiger partial charge in [0.05, 0.1) is 44.1 Å². The molecule has 1 aromatic carbocycles. The molecule has 1 spiro atoms. The highest BCUT2D eigenvalue weighted by atomic mass is 32.2. The Balaban J connectivity index is 0.000000607. The molecule has 2 fully saturated rings. The smallest absolute Gasteiger partial charge is 0.427 e. The van der Waals surface area contributed by atoms with Crippen LogP contribution in [0.1, 0.15) is 45.4 Å². The number of unbranched alkanes of at least 4 members (excludes halogenated alkanes) is 1. The lowest BCUT2D eigenvalue weighted by Crippen LogP contribution is -2.64. The van der Waals surface area contributed by atoms with Gasteiger partial charge in [0.2, 0.25) is 16.1 Å². The van der Waals surface area contributed by atoms with Crippen molar-refractivity contribution in [1.82, 2.24) is 9.21 Å². The first kappa shape index (κ1) is 39.0. The Bertz CT molecular complexity index is 1260. The van der Waals surface area contributed by atoms with Gasteiger partial charge in [-0.15, -0.1) is 0 Å². The van der Waals surface area contributed by atoms with Crippen LogP contribution in [0.3, 0.4) is 0 Å². The zero-order chi connectivity index (χ0) is 34.1. The largest absolute Gasteiger partial charge is 0.790 e. The lowest BCUT2D eigenvalue weighted by atomic mass is 9.87. The second-order valence-corrected chi connectivity index (χ2v) is 14.1. The number of likely N-dealkylation sites (N-methyl/N-ethyl adjacent to an activating group) is 1. The van der Waals surface area contributed by atoms with Crippen LogP contribution in [0.4, 0.5) is 18.0 Å². The number of phosphoric ester groups is 1. The van der Waals surface area contributed by atoms with E-state index >= 15 is 0 Å². The molecule has 1 aromatic rings. The van der Waals surface area contributed by atoms with Crippen molar-refractivity contribution in [2.24, 2.45) is 0 Å². The summed E-state index contributed by atoms with van der Waals surface area (Å²) >= 11 is 0. The molecule has 258 valence electrons. The molecule has 19 heteroatoms. The molecule has 2 aliphatic heterocycles. The highest BCUT2D eigenvalue weighted by Crippen LogP contribution is 2.39. The predicted molar refractivity (Wildman–Crippen MR) is 148 cm³/mol. The number of likely N-dealkylation sites (tertiary alicyclic amines) is 1. The number of alkyl halides is 3. The van der Waals surface area contributed by atoms with Crippen LogP contribution in [0.15, 0.2) is 35.2 Å². The van der Waals surface area contributed by atoms with Gasteiger partial charge in [0, 0.05) is 33.5 Å². The summed E-state index contributed by atoms with van der Waals surface area (Å²) in [7, 11) is -8.01. The fraction of sp³-hybridized carbons (Fsp3) is 0.692. The van der Waals surface area contributed by atoms with Crippen molar-refractivity contribution in [2.75, 3.05) is 39.9 Å². The van der Waals surface area contributed by atoms with Gasteiger partial charge in [0.15, 0.2) is 5.78 Å². The number of nitrogens with zero attached hydrogens (tertiary/aromatic N) is 2. The number of halogens is 3. The highest BCUT2D eigenvalue weighted by molar-refractivity contribution is 7.89. The summed E-state index contributed by atoms with van der Waals surface area (Å²) in [5, 5.41) is 0. The van der Waals surface area contributed by atoms with Crippen molar-refractivity contribution in [3.63, 3.8) is 0 Å². The second kappa shape index (κ2) is 16.6. The third-order valence-electron chi connectivity index (χ3n) is 7.68. The maximum atomic E-state index is 13.1. The van der Waals surface area contributed by atoms with E-state index in [4.69, 9.17) is 4.74 Å². The SMILES string of the molecule is CC(=O)[C@@H]([NH3+])CCCC[NH3+].CN([C@H]1COC2(CCN(C(=O)O[C@H](COP(=O)([O-])[O-])C(F)(F)F)CC2)C1)S(=O)(=O)c1ccccc1. The first-order chi connectivity index (χ1) is 20.8. The minimum atomic E-state index is -5.70. The van der Waals surface area contributed by atoms with Gasteiger partial charge in [0.1, 0.15) is 6.04 Å². The van der Waals surface area contributed by atoms with E-state index in [1.807, 2.05) is 0 Å². The van der Waals surface area contributed by atoms with Gasteiger partial charge in [-0.3, -0.25) is 4.79 Å². The minimum Gasteiger partial charge on any atom is -0.790 e. The van der Waals surface area contributed by atoms with E-state index in [0.717, 1.165) is 30.7 Å². The van der Waals surface area contributed by atoms with Crippen molar-refractivity contribution >= 4 is 29.7 Å². The Morgan fingerprint density at radius 2 is 1.80 bits per heavy atom. The topological polar surface area (TPSA) is 221 Å². The molecule has 6 N–H and O–H groups in total. The molecule has 2 saturated heterocycles. The standard InChI is InChI=1S/C19H26F3N2O9PS.C7H16N2O/c1-23(35(29,30)15-5-3-2-4-6-15)14-11-18(31-12-14)7-9-24(10-8-18)17(25)33-16(19(20,21)22)13-32-34(26,27)28;1-6(10)7(9)4-2-3-5-8/h2-6,14,16H,7-13H2,1H3,(H2,26,27,28);7H,2-5,8-9H2,1H3/t14-,16-;7-/m10/s1. The highest BCUT2D eigenvalue weighted by Gasteiger charge is 2.48. The number of rotatable bonds is 12. The number of hydrogen-bond acceptors (Lipinski definition) is 10. The van der Waals surface area contributed by atoms with Crippen molar-refractivity contribution in [2.45, 2.75) is 80.3 Å². The average molecular weight is 691 g/mol. The van der Waals surface area contributed by atoms with Crippen LogP contribution in [0.2, 0.25) is 0 Å². The van der Waals surface area contributed by atoms with E-state index in [2.05, 4.69) is 20.7 Å². The Kier molecular flexibility index (Phi) is 14.4. The van der Waals surface area contributed by atoms with Crippen molar-refractivity contribution < 1.29 is 71.0 Å². The van der Waals surface area contributed by atoms with Gasteiger partial charge in [-0.25, -0.2) is 13.2 Å². The number of hydrogen-bond donors (Lipinski definition) is 2. The van der Waals surface area contributed by atoms with Gasteiger partial charge < -0.3 is 44.7 Å². The van der Waals surface area contributed by atoms with E-state index in [9.17, 15) is 45.5 Å². The Hall–Kier alpha value is -2.15. The maximum absolute atomic E-state index is 13.1. The molecule has 0 aliphatic carbocycles. The van der Waals surface area contributed by atoms with Gasteiger partial charge in [-0.2, -0.15) is 17.5 Å². The summed E-state index contributed by atoms with van der Waals surface area (Å²) in [5.41, 5.74) is 6.70. The monoisotopic (exact) mass is 690 g/mol. The number of ether oxygens (including phenoxy) is 2. The number of amides is 1. The van der Waals surface area contributed by atoms with E-state index in [0.29, 0.717) is 6.42 Å². The maximum Gasteiger partial charge on any atom is 0.427 e. The molecule has 0 bridgehead atoms. The van der Waals surface area contributed by atoms with E-state index < -0.39 is 54.5 Å². The first-order valence-corrected chi connectivity index (χ1v) is 17.2. The summed E-state index contributed by atoms with van der Waals surface area (Å²) in [6, 6.07) is 7.41. The lowest BCUT2D eigenvalue weighted by Gasteiger charge is -2.39. The third-order valence-corrected chi connectivity index (χ3v) is 10.1. The number of ketones is 1. The first-order valence-electron chi connectivity index (χ1n) is 14.3. The zero-order valence-electron chi connectivity index (χ0n) is 25.3. The van der Waals surface area contributed by atoms with Crippen LogP contribution < -0.4 is 21.3 Å². The third kappa shape index (κ3) is 12.2. The Morgan fingerprint density at radius 3 is 2.31 bits per heavy atom. The summed E-state index contributed by atoms with van der Waals surface area (Å²) in [4.78, 5) is 45.0. The number of Topliss-reactive ketones (excluding diaryl/α,β-unsaturated/α-hetero) is 1. The normalized spacial score (nSPS) is 20.0. The lowest BCUT2D eigenvalue weighted by molar-refractivity contribution is -0.405. The zero-order valence-corrected chi connectivity index (χ0v) is 27.0. The number of sulfonamides is 1. The molecule has 0 unspecified atom stereocenters. The molecule has 45 heavy (non-hydrogen) atoms. The molecule has 1 amide bonds. The number of quaternary nitrogens is 2. The summed E-state index contributed by atoms with van der Waals surface area (Å²) in [5.74, 6) is 0.198. The molecule has 14 nitrogen and oxygen atoms in total. The van der Waals surface area contributed by atoms with Gasteiger partial charge in [-0.05, 0) is 44.2 Å². The van der Waals surface area contributed by atoms with Crippen molar-refractivity contribution in [3.8, 4) is 0 Å². The molecule has 0 saturated carbocycles. The van der Waals surface area contributed by atoms with Crippen molar-refractivity contribution in [3.05, 3.63) is 30.3 Å². The predicted octanol–water partition coefficient (Wildman–Crippen LogP) is -0.558. The minimum absolute atomic E-state index is 0.00606. The quantitative estimate of drug-likeness (QED) is 0.210. The molecular weight excluding hydrogens is 648 g/mol. The number of carbonyl (C=O) groups is 2. The number of carbonyl (C=O) groups excluding carboxylic acids is 2. The van der Waals surface area contributed by atoms with Crippen molar-refractivity contribution in [1.29, 1.82) is 0 Å². The summed E-state index contributed by atoms with van der Waals surface area (Å²) in [6.45, 7) is 0.934. The van der Waals surface area contributed by atoms with Gasteiger partial charge in [0.25, 0.3) is 0 Å². The number of piperidine rings is 1. The van der Waals surface area contributed by atoms with Gasteiger partial charge in [-0.1, -0.05) is 18.2 Å². The van der Waals surface area contributed by atoms with E-state index in [-0.39, 0.29) is 49.3 Å².